The van der Waals surface area contributed by atoms with Crippen LogP contribution >= 0.6 is 0 Å². The number of nitrogens with two attached hydrogens (primary N) is 1. The van der Waals surface area contributed by atoms with Gasteiger partial charge in [0, 0.05) is 17.3 Å². The van der Waals surface area contributed by atoms with Crippen molar-refractivity contribution in [1.82, 2.24) is 35.1 Å². The van der Waals surface area contributed by atoms with Crippen LogP contribution in [0, 0.1) is 0 Å². The van der Waals surface area contributed by atoms with Crippen molar-refractivity contribution in [3.05, 3.63) is 60.2 Å². The van der Waals surface area contributed by atoms with Crippen LogP contribution in [0.4, 0.5) is 14.6 Å². The van der Waals surface area contributed by atoms with Gasteiger partial charge in [-0.25, -0.2) is 9.67 Å². The van der Waals surface area contributed by atoms with E-state index in [0.29, 0.717) is 17.1 Å². The maximum absolute atomic E-state index is 12.8. The highest BCUT2D eigenvalue weighted by Crippen LogP contribution is 2.29. The molecule has 0 saturated carbocycles. The zero-order valence-corrected chi connectivity index (χ0v) is 19.8. The third-order valence-electron chi connectivity index (χ3n) is 6.48. The van der Waals surface area contributed by atoms with Gasteiger partial charge in [0.2, 0.25) is 5.89 Å². The van der Waals surface area contributed by atoms with Gasteiger partial charge in [-0.1, -0.05) is 23.8 Å². The molecule has 5 rings (SSSR count). The molecule has 1 aliphatic rings. The lowest BCUT2D eigenvalue weighted by Crippen LogP contribution is -2.31. The van der Waals surface area contributed by atoms with Crippen molar-refractivity contribution in [2.45, 2.75) is 44.6 Å². The molecule has 1 fully saturated rings. The van der Waals surface area contributed by atoms with E-state index in [1.54, 1.807) is 24.4 Å². The number of halogens is 2. The Morgan fingerprint density at radius 3 is 2.42 bits per heavy atom. The minimum atomic E-state index is -2.80. The van der Waals surface area contributed by atoms with Gasteiger partial charge in [0.15, 0.2) is 0 Å². The molecule has 1 atom stereocenters. The molecule has 4 heterocycles. The summed E-state index contributed by atoms with van der Waals surface area (Å²) in [7, 11) is 0. The van der Waals surface area contributed by atoms with Crippen molar-refractivity contribution in [3.8, 4) is 22.7 Å². The Morgan fingerprint density at radius 1 is 0.944 bits per heavy atom. The van der Waals surface area contributed by atoms with E-state index in [9.17, 15) is 8.78 Å². The molecule has 1 aromatic carbocycles. The first-order chi connectivity index (χ1) is 17.6. The lowest BCUT2D eigenvalue weighted by molar-refractivity contribution is 0.116. The average Bonchev–Trinajstić information content (AvgIpc) is 3.59. The molecule has 0 spiro atoms. The highest BCUT2D eigenvalue weighted by molar-refractivity contribution is 5.58. The molecule has 188 valence electrons. The van der Waals surface area contributed by atoms with Gasteiger partial charge in [-0.3, -0.25) is 0 Å². The van der Waals surface area contributed by atoms with E-state index in [4.69, 9.17) is 10.2 Å². The molecule has 4 aromatic rings. The minimum absolute atomic E-state index is 0.0499. The highest BCUT2D eigenvalue weighted by atomic mass is 19.3. The smallest absolute Gasteiger partial charge is 0.314 e. The van der Waals surface area contributed by atoms with Crippen molar-refractivity contribution >= 4 is 5.82 Å². The fourth-order valence-electron chi connectivity index (χ4n) is 4.55. The molecular formula is C25H28F2N8O. The predicted molar refractivity (Wildman–Crippen MR) is 130 cm³/mol. The van der Waals surface area contributed by atoms with E-state index in [1.165, 1.54) is 19.3 Å². The first-order valence-electron chi connectivity index (χ1n) is 12.1. The van der Waals surface area contributed by atoms with Crippen molar-refractivity contribution in [1.29, 1.82) is 0 Å². The van der Waals surface area contributed by atoms with Gasteiger partial charge in [0.1, 0.15) is 11.5 Å². The number of piperidine rings is 1. The Morgan fingerprint density at radius 2 is 1.72 bits per heavy atom. The Hall–Kier alpha value is -3.73. The second kappa shape index (κ2) is 10.9. The van der Waals surface area contributed by atoms with Crippen molar-refractivity contribution in [2.24, 2.45) is 0 Å². The van der Waals surface area contributed by atoms with Crippen LogP contribution in [0.15, 0.2) is 53.2 Å². The second-order valence-electron chi connectivity index (χ2n) is 8.98. The van der Waals surface area contributed by atoms with Crippen LogP contribution in [0.25, 0.3) is 22.7 Å². The molecule has 1 unspecified atom stereocenters. The molecule has 3 aromatic heterocycles. The molecule has 2 N–H and O–H groups in total. The number of anilines is 1. The van der Waals surface area contributed by atoms with Gasteiger partial charge in [0.25, 0.3) is 5.89 Å². The summed E-state index contributed by atoms with van der Waals surface area (Å²) in [4.78, 5) is 6.67. The quantitative estimate of drug-likeness (QED) is 0.354. The summed E-state index contributed by atoms with van der Waals surface area (Å²) in [6.07, 6.45) is 6.51. The van der Waals surface area contributed by atoms with E-state index in [0.717, 1.165) is 43.6 Å². The first kappa shape index (κ1) is 24.0. The van der Waals surface area contributed by atoms with Crippen LogP contribution in [0.1, 0.15) is 56.0 Å². The van der Waals surface area contributed by atoms with Crippen molar-refractivity contribution in [3.63, 3.8) is 0 Å². The fourth-order valence-corrected chi connectivity index (χ4v) is 4.55. The summed E-state index contributed by atoms with van der Waals surface area (Å²) >= 11 is 0. The third-order valence-corrected chi connectivity index (χ3v) is 6.48. The first-order valence-corrected chi connectivity index (χ1v) is 12.1. The van der Waals surface area contributed by atoms with E-state index in [1.807, 2.05) is 29.1 Å². The molecule has 11 heteroatoms. The van der Waals surface area contributed by atoms with Crippen LogP contribution < -0.4 is 5.73 Å². The van der Waals surface area contributed by atoms with Gasteiger partial charge in [-0.2, -0.15) is 8.78 Å². The predicted octanol–water partition coefficient (Wildman–Crippen LogP) is 4.77. The number of nitrogen functional groups attached to an aromatic ring is 1. The molecule has 0 bridgehead atoms. The standard InChI is InChI=1S/C25H28F2N8O/c26-23(27)25-32-31-24(36-25)18-8-6-17(7-9-18)21(5-4-14-34-12-2-1-3-13-34)35-16-20(30-33-35)19-10-11-22(28)29-15-19/h6-11,15-16,21,23H,1-5,12-14H2,(H2,28,29). The van der Waals surface area contributed by atoms with Crippen molar-refractivity contribution < 1.29 is 13.2 Å². The summed E-state index contributed by atoms with van der Waals surface area (Å²) < 4.78 is 32.6. The number of benzene rings is 1. The topological polar surface area (TPSA) is 112 Å². The molecule has 36 heavy (non-hydrogen) atoms. The third kappa shape index (κ3) is 5.56. The summed E-state index contributed by atoms with van der Waals surface area (Å²) in [6, 6.07) is 11.0. The summed E-state index contributed by atoms with van der Waals surface area (Å²) in [6.45, 7) is 3.35. The minimum Gasteiger partial charge on any atom is -0.415 e. The number of rotatable bonds is 9. The zero-order valence-electron chi connectivity index (χ0n) is 19.8. The Bertz CT molecular complexity index is 1250. The molecular weight excluding hydrogens is 466 g/mol. The van der Waals surface area contributed by atoms with Gasteiger partial charge < -0.3 is 15.1 Å². The monoisotopic (exact) mass is 494 g/mol. The number of aromatic nitrogens is 6. The van der Waals surface area contributed by atoms with E-state index in [2.05, 4.69) is 30.4 Å². The van der Waals surface area contributed by atoms with Crippen LogP contribution in [0.2, 0.25) is 0 Å². The summed E-state index contributed by atoms with van der Waals surface area (Å²) in [5.74, 6) is -0.168. The SMILES string of the molecule is Nc1ccc(-c2cn(C(CCCN3CCCCC3)c3ccc(-c4nnc(C(F)F)o4)cc3)nn2)cn1. The van der Waals surface area contributed by atoms with Crippen LogP contribution in [0.5, 0.6) is 0 Å². The number of hydrogen-bond donors (Lipinski definition) is 1. The maximum Gasteiger partial charge on any atom is 0.314 e. The van der Waals surface area contributed by atoms with Gasteiger partial charge in [0.05, 0.1) is 12.2 Å². The van der Waals surface area contributed by atoms with E-state index in [-0.39, 0.29) is 11.9 Å². The zero-order chi connectivity index (χ0) is 24.9. The number of likely N-dealkylation sites (tertiary alicyclic amines) is 1. The molecule has 0 amide bonds. The fraction of sp³-hybridized carbons (Fsp3) is 0.400. The molecule has 9 nitrogen and oxygen atoms in total. The maximum atomic E-state index is 12.8. The van der Waals surface area contributed by atoms with Crippen LogP contribution in [-0.2, 0) is 0 Å². The molecule has 1 saturated heterocycles. The number of nitrogens with zero attached hydrogens (tertiary/aromatic N) is 7. The van der Waals surface area contributed by atoms with Crippen LogP contribution in [-0.4, -0.2) is 54.7 Å². The average molecular weight is 495 g/mol. The molecule has 0 radical (unpaired) electrons. The Balaban J connectivity index is 1.37. The Kier molecular flexibility index (Phi) is 7.26. The summed E-state index contributed by atoms with van der Waals surface area (Å²) in [5, 5.41) is 15.9. The van der Waals surface area contributed by atoms with Crippen LogP contribution in [0.3, 0.4) is 0 Å². The van der Waals surface area contributed by atoms with Crippen molar-refractivity contribution in [2.75, 3.05) is 25.4 Å². The molecule has 0 aliphatic carbocycles. The largest absolute Gasteiger partial charge is 0.415 e. The number of alkyl halides is 2. The van der Waals surface area contributed by atoms with E-state index >= 15 is 0 Å². The van der Waals surface area contributed by atoms with Gasteiger partial charge in [-0.05, 0) is 75.1 Å². The number of hydrogen-bond acceptors (Lipinski definition) is 8. The molecule has 1 aliphatic heterocycles. The van der Waals surface area contributed by atoms with E-state index < -0.39 is 12.3 Å². The lowest BCUT2D eigenvalue weighted by atomic mass is 10.00. The summed E-state index contributed by atoms with van der Waals surface area (Å²) in [5.41, 5.74) is 8.87. The van der Waals surface area contributed by atoms with Gasteiger partial charge in [-0.15, -0.1) is 15.3 Å². The normalized spacial score (nSPS) is 15.4. The second-order valence-corrected chi connectivity index (χ2v) is 8.98. The number of pyridine rings is 1. The Labute approximate surface area is 207 Å². The van der Waals surface area contributed by atoms with Gasteiger partial charge >= 0.3 is 6.43 Å². The lowest BCUT2D eigenvalue weighted by Gasteiger charge is -2.27. The highest BCUT2D eigenvalue weighted by Gasteiger charge is 2.20.